The lowest BCUT2D eigenvalue weighted by Crippen LogP contribution is -2.17. The maximum atomic E-state index is 12.5. The van der Waals surface area contributed by atoms with Crippen molar-refractivity contribution < 1.29 is 14.3 Å². The van der Waals surface area contributed by atoms with Gasteiger partial charge in [0, 0.05) is 35.6 Å². The smallest absolute Gasteiger partial charge is 0.255 e. The molecule has 1 aliphatic heterocycles. The van der Waals surface area contributed by atoms with Gasteiger partial charge in [-0.3, -0.25) is 4.79 Å². The summed E-state index contributed by atoms with van der Waals surface area (Å²) in [7, 11) is 1.96. The van der Waals surface area contributed by atoms with Crippen molar-refractivity contribution in [3.63, 3.8) is 0 Å². The fourth-order valence-electron chi connectivity index (χ4n) is 2.55. The standard InChI is InChI=1S/C19H17N3O3S/c1-22-9-8-20-19(22)26-15-5-3-14(4-6-15)21-18(23)13-2-7-16-17(12-13)25-11-10-24-16/h2-9,12H,10-11H2,1H3,(H,21,23). The number of rotatable bonds is 4. The maximum Gasteiger partial charge on any atom is 0.255 e. The van der Waals surface area contributed by atoms with Gasteiger partial charge in [0.2, 0.25) is 0 Å². The Hall–Kier alpha value is -2.93. The Balaban J connectivity index is 1.43. The molecule has 1 amide bonds. The molecule has 0 bridgehead atoms. The van der Waals surface area contributed by atoms with Crippen molar-refractivity contribution >= 4 is 23.4 Å². The highest BCUT2D eigenvalue weighted by Gasteiger charge is 2.15. The summed E-state index contributed by atoms with van der Waals surface area (Å²) in [5, 5.41) is 3.81. The van der Waals surface area contributed by atoms with Crippen molar-refractivity contribution in [1.29, 1.82) is 0 Å². The number of nitrogens with one attached hydrogen (secondary N) is 1. The summed E-state index contributed by atoms with van der Waals surface area (Å²) in [5.74, 6) is 1.08. The van der Waals surface area contributed by atoms with Gasteiger partial charge in [0.15, 0.2) is 16.7 Å². The van der Waals surface area contributed by atoms with Crippen LogP contribution >= 0.6 is 11.8 Å². The Morgan fingerprint density at radius 1 is 1.12 bits per heavy atom. The van der Waals surface area contributed by atoms with E-state index >= 15 is 0 Å². The Bertz CT molecular complexity index is 937. The van der Waals surface area contributed by atoms with Crippen molar-refractivity contribution in [1.82, 2.24) is 9.55 Å². The molecule has 1 N–H and O–H groups in total. The first-order valence-electron chi connectivity index (χ1n) is 8.15. The molecule has 0 radical (unpaired) electrons. The number of carbonyl (C=O) groups excluding carboxylic acids is 1. The van der Waals surface area contributed by atoms with E-state index in [9.17, 15) is 4.79 Å². The molecule has 6 nitrogen and oxygen atoms in total. The number of hydrogen-bond acceptors (Lipinski definition) is 5. The van der Waals surface area contributed by atoms with Gasteiger partial charge in [-0.05, 0) is 42.5 Å². The van der Waals surface area contributed by atoms with E-state index in [0.29, 0.717) is 30.3 Å². The molecule has 3 aromatic rings. The van der Waals surface area contributed by atoms with Crippen molar-refractivity contribution in [2.75, 3.05) is 18.5 Å². The number of ether oxygens (including phenoxy) is 2. The van der Waals surface area contributed by atoms with Gasteiger partial charge in [-0.15, -0.1) is 0 Å². The molecule has 0 spiro atoms. The van der Waals surface area contributed by atoms with Crippen LogP contribution in [0.2, 0.25) is 0 Å². The second kappa shape index (κ2) is 7.13. The van der Waals surface area contributed by atoms with Crippen LogP contribution in [0.4, 0.5) is 5.69 Å². The van der Waals surface area contributed by atoms with Crippen molar-refractivity contribution in [2.24, 2.45) is 7.05 Å². The van der Waals surface area contributed by atoms with E-state index in [-0.39, 0.29) is 5.91 Å². The van der Waals surface area contributed by atoms with Crippen LogP contribution in [-0.2, 0) is 7.05 Å². The van der Waals surface area contributed by atoms with Crippen LogP contribution in [0.3, 0.4) is 0 Å². The van der Waals surface area contributed by atoms with Crippen molar-refractivity contribution in [2.45, 2.75) is 10.1 Å². The number of hydrogen-bond donors (Lipinski definition) is 1. The molecule has 1 aliphatic rings. The summed E-state index contributed by atoms with van der Waals surface area (Å²) in [6, 6.07) is 12.9. The van der Waals surface area contributed by atoms with Gasteiger partial charge in [-0.25, -0.2) is 4.98 Å². The minimum absolute atomic E-state index is 0.188. The average molecular weight is 367 g/mol. The molecule has 0 saturated heterocycles. The topological polar surface area (TPSA) is 65.4 Å². The lowest BCUT2D eigenvalue weighted by Gasteiger charge is -2.18. The zero-order chi connectivity index (χ0) is 17.9. The van der Waals surface area contributed by atoms with E-state index in [0.717, 1.165) is 15.7 Å². The van der Waals surface area contributed by atoms with E-state index in [4.69, 9.17) is 9.47 Å². The van der Waals surface area contributed by atoms with Crippen LogP contribution < -0.4 is 14.8 Å². The number of fused-ring (bicyclic) bond motifs is 1. The number of carbonyl (C=O) groups is 1. The molecule has 132 valence electrons. The zero-order valence-electron chi connectivity index (χ0n) is 14.1. The number of aromatic nitrogens is 2. The molecule has 0 fully saturated rings. The second-order valence-corrected chi connectivity index (χ2v) is 6.80. The van der Waals surface area contributed by atoms with Gasteiger partial charge in [-0.2, -0.15) is 0 Å². The first-order valence-corrected chi connectivity index (χ1v) is 8.97. The van der Waals surface area contributed by atoms with Gasteiger partial charge in [0.1, 0.15) is 13.2 Å². The number of anilines is 1. The Morgan fingerprint density at radius 3 is 2.62 bits per heavy atom. The van der Waals surface area contributed by atoms with E-state index in [1.165, 1.54) is 0 Å². The molecule has 7 heteroatoms. The highest BCUT2D eigenvalue weighted by atomic mass is 32.2. The minimum atomic E-state index is -0.188. The van der Waals surface area contributed by atoms with Gasteiger partial charge in [0.25, 0.3) is 5.91 Å². The first kappa shape index (κ1) is 16.5. The highest BCUT2D eigenvalue weighted by Crippen LogP contribution is 2.31. The monoisotopic (exact) mass is 367 g/mol. The zero-order valence-corrected chi connectivity index (χ0v) is 15.0. The molecule has 0 saturated carbocycles. The normalized spacial score (nSPS) is 12.7. The summed E-state index contributed by atoms with van der Waals surface area (Å²) in [4.78, 5) is 17.8. The molecular formula is C19H17N3O3S. The van der Waals surface area contributed by atoms with Crippen LogP contribution in [0.15, 0.2) is 64.9 Å². The lowest BCUT2D eigenvalue weighted by molar-refractivity contribution is 0.102. The van der Waals surface area contributed by atoms with E-state index < -0.39 is 0 Å². The largest absolute Gasteiger partial charge is 0.486 e. The van der Waals surface area contributed by atoms with E-state index in [1.54, 1.807) is 36.2 Å². The molecule has 0 unspecified atom stereocenters. The quantitative estimate of drug-likeness (QED) is 0.763. The SMILES string of the molecule is Cn1ccnc1Sc1ccc(NC(=O)c2ccc3c(c2)OCCO3)cc1. The number of amides is 1. The highest BCUT2D eigenvalue weighted by molar-refractivity contribution is 7.99. The third kappa shape index (κ3) is 3.52. The third-order valence-electron chi connectivity index (χ3n) is 3.90. The molecule has 4 rings (SSSR count). The van der Waals surface area contributed by atoms with Crippen molar-refractivity contribution in [3.8, 4) is 11.5 Å². The van der Waals surface area contributed by atoms with Crippen LogP contribution in [0.25, 0.3) is 0 Å². The molecule has 2 heterocycles. The lowest BCUT2D eigenvalue weighted by atomic mass is 10.1. The summed E-state index contributed by atoms with van der Waals surface area (Å²) in [5.41, 5.74) is 1.26. The number of imidazole rings is 1. The fourth-order valence-corrected chi connectivity index (χ4v) is 3.35. The van der Waals surface area contributed by atoms with Gasteiger partial charge in [-0.1, -0.05) is 11.8 Å². The molecule has 0 atom stereocenters. The predicted octanol–water partition coefficient (Wildman–Crippen LogP) is 3.59. The average Bonchev–Trinajstić information content (AvgIpc) is 3.07. The molecule has 1 aromatic heterocycles. The summed E-state index contributed by atoms with van der Waals surface area (Å²) < 4.78 is 13.0. The molecular weight excluding hydrogens is 350 g/mol. The fraction of sp³-hybridized carbons (Fsp3) is 0.158. The first-order chi connectivity index (χ1) is 12.7. The molecule has 0 aliphatic carbocycles. The summed E-state index contributed by atoms with van der Waals surface area (Å²) >= 11 is 1.57. The van der Waals surface area contributed by atoms with Crippen LogP contribution in [0.5, 0.6) is 11.5 Å². The molecule has 2 aromatic carbocycles. The number of nitrogens with zero attached hydrogens (tertiary/aromatic N) is 2. The summed E-state index contributed by atoms with van der Waals surface area (Å²) in [6.07, 6.45) is 3.68. The van der Waals surface area contributed by atoms with Crippen molar-refractivity contribution in [3.05, 3.63) is 60.4 Å². The van der Waals surface area contributed by atoms with Gasteiger partial charge in [0.05, 0.1) is 0 Å². The van der Waals surface area contributed by atoms with Crippen LogP contribution in [-0.4, -0.2) is 28.7 Å². The Kier molecular flexibility index (Phi) is 4.53. The minimum Gasteiger partial charge on any atom is -0.486 e. The van der Waals surface area contributed by atoms with E-state index in [1.807, 2.05) is 42.1 Å². The molecule has 26 heavy (non-hydrogen) atoms. The van der Waals surface area contributed by atoms with E-state index in [2.05, 4.69) is 10.3 Å². The Labute approximate surface area is 155 Å². The number of aryl methyl sites for hydroxylation is 1. The maximum absolute atomic E-state index is 12.5. The van der Waals surface area contributed by atoms with Crippen LogP contribution in [0.1, 0.15) is 10.4 Å². The van der Waals surface area contributed by atoms with Gasteiger partial charge < -0.3 is 19.4 Å². The predicted molar refractivity (Wildman–Crippen MR) is 99.2 cm³/mol. The third-order valence-corrected chi connectivity index (χ3v) is 4.99. The Morgan fingerprint density at radius 2 is 1.88 bits per heavy atom. The number of benzene rings is 2. The summed E-state index contributed by atoms with van der Waals surface area (Å²) in [6.45, 7) is 1.02. The van der Waals surface area contributed by atoms with Crippen LogP contribution in [0, 0.1) is 0 Å². The van der Waals surface area contributed by atoms with Gasteiger partial charge >= 0.3 is 0 Å². The second-order valence-electron chi connectivity index (χ2n) is 5.76.